The lowest BCUT2D eigenvalue weighted by Gasteiger charge is -2.36. The molecule has 0 fully saturated rings. The molecule has 1 atom stereocenters. The Bertz CT molecular complexity index is 1320. The summed E-state index contributed by atoms with van der Waals surface area (Å²) in [6.07, 6.45) is 0.516. The van der Waals surface area contributed by atoms with Crippen LogP contribution in [0, 0.1) is 0 Å². The van der Waals surface area contributed by atoms with Crippen molar-refractivity contribution >= 4 is 33.2 Å². The monoisotopic (exact) mass is 493 g/mol. The predicted molar refractivity (Wildman–Crippen MR) is 134 cm³/mol. The molecule has 35 heavy (non-hydrogen) atoms. The molecule has 9 heteroatoms. The Hall–Kier alpha value is -3.69. The van der Waals surface area contributed by atoms with Crippen LogP contribution in [0.2, 0.25) is 0 Å². The lowest BCUT2D eigenvalue weighted by molar-refractivity contribution is -0.117. The largest absolute Gasteiger partial charge is 0.497 e. The lowest BCUT2D eigenvalue weighted by Crippen LogP contribution is -2.41. The van der Waals surface area contributed by atoms with Gasteiger partial charge in [-0.3, -0.25) is 9.59 Å². The molecule has 1 aliphatic rings. The summed E-state index contributed by atoms with van der Waals surface area (Å²) in [6, 6.07) is 20.0. The van der Waals surface area contributed by atoms with Gasteiger partial charge in [-0.2, -0.15) is 4.31 Å². The van der Waals surface area contributed by atoms with Gasteiger partial charge in [0.1, 0.15) is 5.75 Å². The van der Waals surface area contributed by atoms with Crippen LogP contribution in [-0.4, -0.2) is 38.2 Å². The number of ether oxygens (including phenoxy) is 1. The van der Waals surface area contributed by atoms with Gasteiger partial charge in [-0.25, -0.2) is 8.42 Å². The van der Waals surface area contributed by atoms with E-state index in [0.717, 1.165) is 11.1 Å². The number of carbonyl (C=O) groups is 2. The van der Waals surface area contributed by atoms with E-state index in [1.807, 2.05) is 24.3 Å². The molecule has 2 amide bonds. The van der Waals surface area contributed by atoms with Gasteiger partial charge in [0, 0.05) is 31.3 Å². The summed E-state index contributed by atoms with van der Waals surface area (Å²) >= 11 is 0. The van der Waals surface area contributed by atoms with Crippen LogP contribution in [0.5, 0.6) is 5.75 Å². The summed E-state index contributed by atoms with van der Waals surface area (Å²) in [5, 5.41) is 5.49. The molecule has 8 nitrogen and oxygen atoms in total. The fraction of sp³-hybridized carbons (Fsp3) is 0.231. The van der Waals surface area contributed by atoms with Gasteiger partial charge < -0.3 is 15.4 Å². The van der Waals surface area contributed by atoms with Gasteiger partial charge in [-0.1, -0.05) is 24.3 Å². The van der Waals surface area contributed by atoms with E-state index in [4.69, 9.17) is 4.74 Å². The first-order valence-corrected chi connectivity index (χ1v) is 12.6. The minimum Gasteiger partial charge on any atom is -0.497 e. The van der Waals surface area contributed by atoms with E-state index in [-0.39, 0.29) is 29.7 Å². The smallest absolute Gasteiger partial charge is 0.243 e. The van der Waals surface area contributed by atoms with Crippen LogP contribution in [0.25, 0.3) is 0 Å². The number of sulfonamides is 1. The summed E-state index contributed by atoms with van der Waals surface area (Å²) < 4.78 is 33.8. The van der Waals surface area contributed by atoms with Gasteiger partial charge >= 0.3 is 0 Å². The van der Waals surface area contributed by atoms with Crippen LogP contribution in [-0.2, 0) is 26.0 Å². The van der Waals surface area contributed by atoms with Crippen LogP contribution in [0.4, 0.5) is 11.4 Å². The Balaban J connectivity index is 1.61. The minimum atomic E-state index is -3.90. The zero-order valence-corrected chi connectivity index (χ0v) is 20.3. The van der Waals surface area contributed by atoms with Crippen molar-refractivity contribution in [3.05, 3.63) is 83.9 Å². The SMILES string of the molecule is COc1ccc(NC(=O)C[C@H]2c3ccccc3CCN2S(=O)(=O)c2ccc(NC(C)=O)cc2)cc1. The van der Waals surface area contributed by atoms with Crippen molar-refractivity contribution < 1.29 is 22.7 Å². The van der Waals surface area contributed by atoms with Crippen LogP contribution < -0.4 is 15.4 Å². The van der Waals surface area contributed by atoms with Gasteiger partial charge in [-0.15, -0.1) is 0 Å². The fourth-order valence-corrected chi connectivity index (χ4v) is 5.84. The molecule has 182 valence electrons. The molecular formula is C26H27N3O5S. The first kappa shape index (κ1) is 24.4. The summed E-state index contributed by atoms with van der Waals surface area (Å²) in [5.74, 6) is 0.139. The number of methoxy groups -OCH3 is 1. The number of fused-ring (bicyclic) bond motifs is 1. The van der Waals surface area contributed by atoms with Crippen molar-refractivity contribution in [1.82, 2.24) is 4.31 Å². The zero-order valence-electron chi connectivity index (χ0n) is 19.5. The molecule has 0 saturated carbocycles. The van der Waals surface area contributed by atoms with Crippen molar-refractivity contribution in [2.45, 2.75) is 30.7 Å². The summed E-state index contributed by atoms with van der Waals surface area (Å²) in [5.41, 5.74) is 2.96. The molecule has 0 aromatic heterocycles. The summed E-state index contributed by atoms with van der Waals surface area (Å²) in [4.78, 5) is 24.4. The zero-order chi connectivity index (χ0) is 25.0. The average molecular weight is 494 g/mol. The molecule has 2 N–H and O–H groups in total. The molecule has 0 radical (unpaired) electrons. The highest BCUT2D eigenvalue weighted by Gasteiger charge is 2.37. The van der Waals surface area contributed by atoms with Gasteiger partial charge in [0.05, 0.1) is 18.0 Å². The first-order chi connectivity index (χ1) is 16.8. The molecule has 0 spiro atoms. The van der Waals surface area contributed by atoms with Crippen molar-refractivity contribution in [2.75, 3.05) is 24.3 Å². The quantitative estimate of drug-likeness (QED) is 0.518. The Morgan fingerprint density at radius 2 is 1.57 bits per heavy atom. The number of hydrogen-bond acceptors (Lipinski definition) is 5. The van der Waals surface area contributed by atoms with E-state index < -0.39 is 16.1 Å². The number of rotatable bonds is 7. The third kappa shape index (κ3) is 5.52. The maximum Gasteiger partial charge on any atom is 0.243 e. The lowest BCUT2D eigenvalue weighted by atomic mass is 9.92. The number of amides is 2. The highest BCUT2D eigenvalue weighted by molar-refractivity contribution is 7.89. The molecule has 3 aromatic rings. The molecule has 3 aromatic carbocycles. The fourth-order valence-electron chi connectivity index (χ4n) is 4.24. The van der Waals surface area contributed by atoms with Crippen LogP contribution in [0.1, 0.15) is 30.5 Å². The summed E-state index contributed by atoms with van der Waals surface area (Å²) in [6.45, 7) is 1.64. The topological polar surface area (TPSA) is 105 Å². The molecule has 1 heterocycles. The van der Waals surface area contributed by atoms with Crippen molar-refractivity contribution in [3.8, 4) is 5.75 Å². The number of benzene rings is 3. The van der Waals surface area contributed by atoms with Crippen LogP contribution in [0.3, 0.4) is 0 Å². The van der Waals surface area contributed by atoms with Gasteiger partial charge in [0.2, 0.25) is 21.8 Å². The number of nitrogens with one attached hydrogen (secondary N) is 2. The Morgan fingerprint density at radius 3 is 2.23 bits per heavy atom. The molecule has 4 rings (SSSR count). The molecule has 1 aliphatic heterocycles. The van der Waals surface area contributed by atoms with Crippen molar-refractivity contribution in [2.24, 2.45) is 0 Å². The second-order valence-corrected chi connectivity index (χ2v) is 10.2. The maximum absolute atomic E-state index is 13.6. The van der Waals surface area contributed by atoms with E-state index in [2.05, 4.69) is 10.6 Å². The highest BCUT2D eigenvalue weighted by Crippen LogP contribution is 2.36. The molecule has 0 bridgehead atoms. The maximum atomic E-state index is 13.6. The highest BCUT2D eigenvalue weighted by atomic mass is 32.2. The van der Waals surface area contributed by atoms with Gasteiger partial charge in [0.15, 0.2) is 0 Å². The van der Waals surface area contributed by atoms with Crippen LogP contribution >= 0.6 is 0 Å². The normalized spacial score (nSPS) is 15.7. The summed E-state index contributed by atoms with van der Waals surface area (Å²) in [7, 11) is -2.34. The number of anilines is 2. The van der Waals surface area contributed by atoms with E-state index in [9.17, 15) is 18.0 Å². The third-order valence-electron chi connectivity index (χ3n) is 5.90. The Kier molecular flexibility index (Phi) is 7.18. The molecule has 0 unspecified atom stereocenters. The predicted octanol–water partition coefficient (Wildman–Crippen LogP) is 3.97. The van der Waals surface area contributed by atoms with E-state index in [1.165, 1.54) is 23.4 Å². The van der Waals surface area contributed by atoms with E-state index in [1.54, 1.807) is 43.5 Å². The molecule has 0 saturated heterocycles. The average Bonchev–Trinajstić information content (AvgIpc) is 2.84. The number of carbonyl (C=O) groups excluding carboxylic acids is 2. The molecular weight excluding hydrogens is 466 g/mol. The standard InChI is InChI=1S/C26H27N3O5S/c1-18(30)27-20-9-13-23(14-10-20)35(32,33)29-16-15-19-5-3-4-6-24(19)25(29)17-26(31)28-21-7-11-22(34-2)12-8-21/h3-14,25H,15-17H2,1-2H3,(H,27,30)(H,28,31)/t25-/m0/s1. The van der Waals surface area contributed by atoms with E-state index >= 15 is 0 Å². The number of hydrogen-bond donors (Lipinski definition) is 2. The van der Waals surface area contributed by atoms with Gasteiger partial charge in [-0.05, 0) is 66.1 Å². The first-order valence-electron chi connectivity index (χ1n) is 11.2. The second kappa shape index (κ2) is 10.3. The third-order valence-corrected chi connectivity index (χ3v) is 7.82. The second-order valence-electron chi connectivity index (χ2n) is 8.27. The number of nitrogens with zero attached hydrogens (tertiary/aromatic N) is 1. The van der Waals surface area contributed by atoms with Gasteiger partial charge in [0.25, 0.3) is 0 Å². The minimum absolute atomic E-state index is 0.0355. The Labute approximate surface area is 205 Å². The van der Waals surface area contributed by atoms with Crippen LogP contribution in [0.15, 0.2) is 77.7 Å². The van der Waals surface area contributed by atoms with E-state index in [0.29, 0.717) is 23.5 Å². The Morgan fingerprint density at radius 1 is 0.943 bits per heavy atom. The van der Waals surface area contributed by atoms with Crippen molar-refractivity contribution in [3.63, 3.8) is 0 Å². The molecule has 0 aliphatic carbocycles. The van der Waals surface area contributed by atoms with Crippen molar-refractivity contribution in [1.29, 1.82) is 0 Å².